The molecule has 2 atom stereocenters. The Morgan fingerprint density at radius 1 is 0.418 bits per heavy atom. The summed E-state index contributed by atoms with van der Waals surface area (Å²) in [5.74, 6) is 0.960. The van der Waals surface area contributed by atoms with E-state index in [1.807, 2.05) is 0 Å². The average Bonchev–Trinajstić information content (AvgIpc) is 4.24. The van der Waals surface area contributed by atoms with Crippen molar-refractivity contribution in [1.82, 2.24) is 0 Å². The lowest BCUT2D eigenvalue weighted by molar-refractivity contribution is 0.269. The van der Waals surface area contributed by atoms with Crippen molar-refractivity contribution in [2.45, 2.75) is 50.5 Å². The molecule has 79 heavy (non-hydrogen) atoms. The zero-order valence-electron chi connectivity index (χ0n) is 44.4. The summed E-state index contributed by atoms with van der Waals surface area (Å²) in [5.41, 5.74) is 22.5. The maximum absolute atomic E-state index is 7.45. The van der Waals surface area contributed by atoms with Crippen molar-refractivity contribution in [1.29, 1.82) is 0 Å². The Morgan fingerprint density at radius 3 is 1.82 bits per heavy atom. The summed E-state index contributed by atoms with van der Waals surface area (Å²) >= 11 is 0. The highest BCUT2D eigenvalue weighted by Crippen LogP contribution is 2.66. The van der Waals surface area contributed by atoms with E-state index in [4.69, 9.17) is 13.6 Å². The first-order chi connectivity index (χ1) is 38.7. The van der Waals surface area contributed by atoms with Gasteiger partial charge in [-0.1, -0.05) is 192 Å². The number of hydrogen-bond acceptors (Lipinski definition) is 5. The van der Waals surface area contributed by atoms with Gasteiger partial charge in [-0.3, -0.25) is 0 Å². The molecule has 0 amide bonds. The molecule has 5 heteroatoms. The Hall–Kier alpha value is -9.58. The lowest BCUT2D eigenvalue weighted by atomic mass is 9.74. The van der Waals surface area contributed by atoms with Crippen molar-refractivity contribution >= 4 is 89.1 Å². The van der Waals surface area contributed by atoms with Gasteiger partial charge < -0.3 is 23.4 Å². The van der Waals surface area contributed by atoms with Gasteiger partial charge in [0.25, 0.3) is 0 Å². The maximum Gasteiger partial charge on any atom is 0.159 e. The molecule has 0 saturated carbocycles. The van der Waals surface area contributed by atoms with Crippen molar-refractivity contribution in [3.05, 3.63) is 271 Å². The number of fused-ring (bicyclic) bond motifs is 15. The van der Waals surface area contributed by atoms with E-state index in [2.05, 4.69) is 280 Å². The third-order valence-electron chi connectivity index (χ3n) is 17.5. The predicted octanol–water partition coefficient (Wildman–Crippen LogP) is 20.2. The van der Waals surface area contributed by atoms with Gasteiger partial charge in [0.1, 0.15) is 28.6 Å². The number of ether oxygens (including phenoxy) is 1. The van der Waals surface area contributed by atoms with Crippen LogP contribution in [0, 0.1) is 0 Å². The van der Waals surface area contributed by atoms with Gasteiger partial charge >= 0.3 is 0 Å². The van der Waals surface area contributed by atoms with E-state index in [0.717, 1.165) is 101 Å². The summed E-state index contributed by atoms with van der Waals surface area (Å²) in [5, 5.41) is 4.59. The number of hydrogen-bond donors (Lipinski definition) is 0. The Labute approximate surface area is 459 Å². The van der Waals surface area contributed by atoms with E-state index in [1.54, 1.807) is 0 Å². The average molecular weight is 1020 g/mol. The molecule has 378 valence electrons. The normalized spacial score (nSPS) is 17.0. The predicted molar refractivity (Wildman–Crippen MR) is 326 cm³/mol. The fourth-order valence-corrected chi connectivity index (χ4v) is 14.0. The van der Waals surface area contributed by atoms with E-state index < -0.39 is 0 Å². The van der Waals surface area contributed by atoms with Gasteiger partial charge in [-0.25, -0.2) is 0 Å². The first-order valence-electron chi connectivity index (χ1n) is 27.6. The molecule has 3 aliphatic carbocycles. The summed E-state index contributed by atoms with van der Waals surface area (Å²) in [4.78, 5) is 4.77. The minimum Gasteiger partial charge on any atom is -0.483 e. The third kappa shape index (κ3) is 6.69. The van der Waals surface area contributed by atoms with Crippen molar-refractivity contribution in [2.75, 3.05) is 9.80 Å². The Morgan fingerprint density at radius 2 is 1.04 bits per heavy atom. The summed E-state index contributed by atoms with van der Waals surface area (Å²) in [6, 6.07) is 78.8. The molecule has 16 rings (SSSR count). The fraction of sp³-hybridized carbons (Fsp3) is 0.108. The first kappa shape index (κ1) is 45.6. The molecule has 0 fully saturated rings. The van der Waals surface area contributed by atoms with Crippen LogP contribution in [0.2, 0.25) is 0 Å². The smallest absolute Gasteiger partial charge is 0.159 e. The van der Waals surface area contributed by atoms with E-state index in [0.29, 0.717) is 0 Å². The standard InChI is InChI=1S/C74H54N2O3/c1-73(2)58-39-41-63-65(67(58)70-69(73)57-38-40-64-66(68(57)74(70,3)4)55-27-15-17-33-62(55)77-64)56-29-19-31-60(72(56)79-63)76(59-30-18-28-54-53-26-14-16-32-61(53)78-71(54)59)52-43-48(46-22-10-6-11-23-46)42-51(44-52)75(49-24-12-7-13-25-49)50-36-34-47(35-37-50)45-20-8-5-9-21-45/h5-44,53,61H,1-4H3. The molecule has 0 N–H and O–H groups in total. The van der Waals surface area contributed by atoms with Gasteiger partial charge in [0.05, 0.1) is 11.4 Å². The number of anilines is 6. The van der Waals surface area contributed by atoms with Crippen LogP contribution in [0.15, 0.2) is 252 Å². The molecule has 2 unspecified atom stereocenters. The zero-order chi connectivity index (χ0) is 52.7. The van der Waals surface area contributed by atoms with Crippen molar-refractivity contribution in [3.8, 4) is 28.0 Å². The molecule has 0 spiro atoms. The molecule has 1 aliphatic heterocycles. The van der Waals surface area contributed by atoms with Gasteiger partial charge in [-0.05, 0) is 135 Å². The van der Waals surface area contributed by atoms with Crippen molar-refractivity contribution in [2.24, 2.45) is 0 Å². The second-order valence-corrected chi connectivity index (χ2v) is 22.7. The summed E-state index contributed by atoms with van der Waals surface area (Å²) in [6.07, 6.45) is 8.58. The molecule has 12 aromatic rings. The van der Waals surface area contributed by atoms with Crippen LogP contribution in [0.3, 0.4) is 0 Å². The van der Waals surface area contributed by atoms with Crippen LogP contribution in [0.25, 0.3) is 77.3 Å². The van der Waals surface area contributed by atoms with Crippen molar-refractivity contribution in [3.63, 3.8) is 0 Å². The quantitative estimate of drug-likeness (QED) is 0.152. The summed E-state index contributed by atoms with van der Waals surface area (Å²) in [6.45, 7) is 9.65. The fourth-order valence-electron chi connectivity index (χ4n) is 14.0. The van der Waals surface area contributed by atoms with Gasteiger partial charge in [0, 0.05) is 66.6 Å². The molecule has 4 aliphatic rings. The minimum atomic E-state index is -0.358. The number of allylic oxidation sites excluding steroid dienone is 4. The third-order valence-corrected chi connectivity index (χ3v) is 17.5. The van der Waals surface area contributed by atoms with Crippen LogP contribution in [0.4, 0.5) is 34.1 Å². The van der Waals surface area contributed by atoms with E-state index in [1.165, 1.54) is 44.3 Å². The lowest BCUT2D eigenvalue weighted by Gasteiger charge is -2.31. The van der Waals surface area contributed by atoms with E-state index in [9.17, 15) is 0 Å². The molecule has 0 bridgehead atoms. The Bertz CT molecular complexity index is 4580. The second-order valence-electron chi connectivity index (χ2n) is 22.7. The number of benzene rings is 10. The monoisotopic (exact) mass is 1020 g/mol. The summed E-state index contributed by atoms with van der Waals surface area (Å²) in [7, 11) is 0. The number of furan rings is 2. The SMILES string of the molecule is CC1(C)C2=C(c3c1ccc1oc4c(N(c5cc(-c6ccccc6)cc(N(c6ccccc6)c6ccc(-c7ccccc7)cc6)c5)c5cccc6c5OC5C=CC=CC65)cccc4c31)C(C)(C)c1c2ccc2oc3ccccc3c12. The number of nitrogens with zero attached hydrogens (tertiary/aromatic N) is 2. The number of rotatable bonds is 8. The van der Waals surface area contributed by atoms with E-state index >= 15 is 0 Å². The molecule has 5 nitrogen and oxygen atoms in total. The number of para-hydroxylation sites is 4. The maximum atomic E-state index is 7.45. The molecule has 0 radical (unpaired) electrons. The molecular formula is C74H54N2O3. The van der Waals surface area contributed by atoms with Crippen LogP contribution >= 0.6 is 0 Å². The van der Waals surface area contributed by atoms with Gasteiger partial charge in [0.2, 0.25) is 0 Å². The highest BCUT2D eigenvalue weighted by molar-refractivity contribution is 6.24. The molecule has 2 aromatic heterocycles. The highest BCUT2D eigenvalue weighted by Gasteiger charge is 2.52. The largest absolute Gasteiger partial charge is 0.483 e. The van der Waals surface area contributed by atoms with Gasteiger partial charge in [-0.15, -0.1) is 0 Å². The minimum absolute atomic E-state index is 0.0935. The van der Waals surface area contributed by atoms with Crippen LogP contribution in [0.5, 0.6) is 5.75 Å². The highest BCUT2D eigenvalue weighted by atomic mass is 16.5. The molecule has 3 heterocycles. The molecular weight excluding hydrogens is 965 g/mol. The molecule has 0 saturated heterocycles. The lowest BCUT2D eigenvalue weighted by Crippen LogP contribution is -2.19. The summed E-state index contributed by atoms with van der Waals surface area (Å²) < 4.78 is 21.1. The van der Waals surface area contributed by atoms with Crippen LogP contribution in [-0.2, 0) is 10.8 Å². The van der Waals surface area contributed by atoms with Crippen LogP contribution in [-0.4, -0.2) is 6.10 Å². The second kappa shape index (κ2) is 17.0. The first-order valence-corrected chi connectivity index (χ1v) is 27.6. The van der Waals surface area contributed by atoms with Crippen LogP contribution < -0.4 is 14.5 Å². The van der Waals surface area contributed by atoms with Crippen molar-refractivity contribution < 1.29 is 13.6 Å². The zero-order valence-corrected chi connectivity index (χ0v) is 44.4. The Balaban J connectivity index is 0.943. The topological polar surface area (TPSA) is 42.0 Å². The van der Waals surface area contributed by atoms with Crippen LogP contribution in [0.1, 0.15) is 61.4 Å². The van der Waals surface area contributed by atoms with Gasteiger partial charge in [-0.2, -0.15) is 0 Å². The Kier molecular flexibility index (Phi) is 9.79. The molecule has 10 aromatic carbocycles. The van der Waals surface area contributed by atoms with Gasteiger partial charge in [0.15, 0.2) is 5.58 Å². The van der Waals surface area contributed by atoms with E-state index in [-0.39, 0.29) is 22.9 Å².